The van der Waals surface area contributed by atoms with E-state index in [-0.39, 0.29) is 18.2 Å². The van der Waals surface area contributed by atoms with Crippen LogP contribution in [0.25, 0.3) is 0 Å². The Kier molecular flexibility index (Phi) is 6.92. The van der Waals surface area contributed by atoms with Gasteiger partial charge in [0.15, 0.2) is 0 Å². The van der Waals surface area contributed by atoms with Gasteiger partial charge in [-0.25, -0.2) is 4.79 Å². The van der Waals surface area contributed by atoms with Crippen molar-refractivity contribution < 1.29 is 14.6 Å². The second-order valence-electron chi connectivity index (χ2n) is 7.85. The molecule has 2 atom stereocenters. The Morgan fingerprint density at radius 1 is 1.23 bits per heavy atom. The molecule has 0 bridgehead atoms. The van der Waals surface area contributed by atoms with Crippen LogP contribution >= 0.6 is 15.9 Å². The zero-order valence-corrected chi connectivity index (χ0v) is 17.9. The molecule has 0 saturated heterocycles. The largest absolute Gasteiger partial charge is 0.418 e. The van der Waals surface area contributed by atoms with Crippen LogP contribution in [0.3, 0.4) is 0 Å². The third-order valence-electron chi connectivity index (χ3n) is 5.29. The Hall–Kier alpha value is -1.33. The van der Waals surface area contributed by atoms with E-state index in [1.165, 1.54) is 0 Å². The third kappa shape index (κ3) is 4.49. The molecule has 0 spiro atoms. The van der Waals surface area contributed by atoms with Crippen molar-refractivity contribution >= 4 is 22.0 Å². The molecule has 1 aliphatic carbocycles. The lowest BCUT2D eigenvalue weighted by molar-refractivity contribution is 0.0623. The lowest BCUT2D eigenvalue weighted by Gasteiger charge is -2.33. The van der Waals surface area contributed by atoms with Gasteiger partial charge >= 0.3 is 6.09 Å². The SMILES string of the molecule is CC(C)N(C(=O)O/C=C1/CCCC1(C)C(O)c1ccc(Br)cc1)C(C)C. The van der Waals surface area contributed by atoms with Gasteiger partial charge in [0.1, 0.15) is 0 Å². The number of carbonyl (C=O) groups is 1. The van der Waals surface area contributed by atoms with Crippen molar-refractivity contribution in [1.29, 1.82) is 0 Å². The quantitative estimate of drug-likeness (QED) is 0.607. The average Bonchev–Trinajstić information content (AvgIpc) is 2.94. The molecule has 4 nitrogen and oxygen atoms in total. The molecule has 2 rings (SSSR count). The highest BCUT2D eigenvalue weighted by Gasteiger charge is 2.41. The predicted molar refractivity (Wildman–Crippen MR) is 108 cm³/mol. The first-order valence-electron chi connectivity index (χ1n) is 9.29. The first-order valence-corrected chi connectivity index (χ1v) is 10.1. The molecule has 1 amide bonds. The number of benzene rings is 1. The monoisotopic (exact) mass is 423 g/mol. The maximum atomic E-state index is 12.5. The molecule has 1 saturated carbocycles. The summed E-state index contributed by atoms with van der Waals surface area (Å²) in [6.45, 7) is 9.96. The molecule has 144 valence electrons. The lowest BCUT2D eigenvalue weighted by atomic mass is 9.76. The topological polar surface area (TPSA) is 49.8 Å². The fourth-order valence-electron chi connectivity index (χ4n) is 3.81. The molecule has 26 heavy (non-hydrogen) atoms. The molecular formula is C21H30BrNO3. The molecule has 1 fully saturated rings. The van der Waals surface area contributed by atoms with Gasteiger partial charge in [-0.05, 0) is 70.2 Å². The van der Waals surface area contributed by atoms with Crippen LogP contribution in [0.2, 0.25) is 0 Å². The number of aliphatic hydroxyl groups excluding tert-OH is 1. The van der Waals surface area contributed by atoms with Crippen molar-refractivity contribution in [2.24, 2.45) is 5.41 Å². The van der Waals surface area contributed by atoms with E-state index in [0.717, 1.165) is 34.9 Å². The van der Waals surface area contributed by atoms with Crippen molar-refractivity contribution in [3.05, 3.63) is 46.1 Å². The van der Waals surface area contributed by atoms with Crippen LogP contribution in [0.5, 0.6) is 0 Å². The molecule has 1 aliphatic rings. The maximum Gasteiger partial charge on any atom is 0.415 e. The summed E-state index contributed by atoms with van der Waals surface area (Å²) < 4.78 is 6.50. The normalized spacial score (nSPS) is 22.9. The molecule has 1 N–H and O–H groups in total. The van der Waals surface area contributed by atoms with E-state index in [9.17, 15) is 9.90 Å². The number of ether oxygens (including phenoxy) is 1. The van der Waals surface area contributed by atoms with Gasteiger partial charge in [0.25, 0.3) is 0 Å². The first kappa shape index (κ1) is 21.0. The maximum absolute atomic E-state index is 12.5. The Morgan fingerprint density at radius 3 is 2.35 bits per heavy atom. The summed E-state index contributed by atoms with van der Waals surface area (Å²) in [7, 11) is 0. The molecule has 5 heteroatoms. The van der Waals surface area contributed by atoms with Crippen LogP contribution in [0, 0.1) is 5.41 Å². The Balaban J connectivity index is 2.18. The molecule has 0 heterocycles. The fraction of sp³-hybridized carbons (Fsp3) is 0.571. The first-order chi connectivity index (χ1) is 12.2. The zero-order chi connectivity index (χ0) is 19.5. The number of hydrogen-bond acceptors (Lipinski definition) is 3. The highest BCUT2D eigenvalue weighted by molar-refractivity contribution is 9.10. The number of amides is 1. The van der Waals surface area contributed by atoms with Gasteiger partial charge in [-0.15, -0.1) is 0 Å². The predicted octanol–water partition coefficient (Wildman–Crippen LogP) is 5.81. The van der Waals surface area contributed by atoms with Crippen LogP contribution in [0.15, 0.2) is 40.6 Å². The van der Waals surface area contributed by atoms with E-state index in [2.05, 4.69) is 22.9 Å². The number of halogens is 1. The summed E-state index contributed by atoms with van der Waals surface area (Å²) in [6.07, 6.45) is 3.29. The van der Waals surface area contributed by atoms with Crippen molar-refractivity contribution in [2.45, 2.75) is 72.1 Å². The third-order valence-corrected chi connectivity index (χ3v) is 5.82. The Labute approximate surface area is 165 Å². The van der Waals surface area contributed by atoms with Gasteiger partial charge in [0.2, 0.25) is 0 Å². The number of carbonyl (C=O) groups excluding carboxylic acids is 1. The Bertz CT molecular complexity index is 646. The second-order valence-corrected chi connectivity index (χ2v) is 8.76. The molecular weight excluding hydrogens is 394 g/mol. The molecule has 0 aromatic heterocycles. The zero-order valence-electron chi connectivity index (χ0n) is 16.3. The van der Waals surface area contributed by atoms with Crippen LogP contribution in [0.1, 0.15) is 65.5 Å². The van der Waals surface area contributed by atoms with Crippen LogP contribution in [-0.2, 0) is 4.74 Å². The minimum absolute atomic E-state index is 0.0733. The van der Waals surface area contributed by atoms with Gasteiger partial charge in [0, 0.05) is 22.0 Å². The van der Waals surface area contributed by atoms with E-state index >= 15 is 0 Å². The standard InChI is InChI=1S/C21H30BrNO3/c1-14(2)23(15(3)4)20(25)26-13-17-7-6-12-21(17,5)19(24)16-8-10-18(22)11-9-16/h8-11,13-15,19,24H,6-7,12H2,1-5H3/b17-13-. The van der Waals surface area contributed by atoms with E-state index in [0.29, 0.717) is 0 Å². The van der Waals surface area contributed by atoms with Crippen molar-refractivity contribution in [1.82, 2.24) is 4.90 Å². The minimum Gasteiger partial charge on any atom is -0.418 e. The molecule has 1 aromatic rings. The highest BCUT2D eigenvalue weighted by atomic mass is 79.9. The highest BCUT2D eigenvalue weighted by Crippen LogP contribution is 2.51. The van der Waals surface area contributed by atoms with Gasteiger partial charge in [-0.1, -0.05) is 35.0 Å². The van der Waals surface area contributed by atoms with Crippen molar-refractivity contribution in [3.8, 4) is 0 Å². The van der Waals surface area contributed by atoms with Crippen LogP contribution < -0.4 is 0 Å². The lowest BCUT2D eigenvalue weighted by Crippen LogP contribution is -2.41. The average molecular weight is 424 g/mol. The molecule has 0 radical (unpaired) electrons. The summed E-state index contributed by atoms with van der Waals surface area (Å²) in [4.78, 5) is 14.2. The second kappa shape index (κ2) is 8.57. The molecule has 1 aromatic carbocycles. The number of rotatable bonds is 5. The van der Waals surface area contributed by atoms with E-state index in [1.54, 1.807) is 11.2 Å². The fourth-order valence-corrected chi connectivity index (χ4v) is 4.08. The van der Waals surface area contributed by atoms with Gasteiger partial charge in [0.05, 0.1) is 12.4 Å². The summed E-state index contributed by atoms with van der Waals surface area (Å²) in [5.74, 6) is 0. The van der Waals surface area contributed by atoms with E-state index in [1.807, 2.05) is 52.0 Å². The Morgan fingerprint density at radius 2 is 1.81 bits per heavy atom. The number of hydrogen-bond donors (Lipinski definition) is 1. The van der Waals surface area contributed by atoms with Crippen LogP contribution in [0.4, 0.5) is 4.79 Å². The van der Waals surface area contributed by atoms with Gasteiger partial charge in [-0.2, -0.15) is 0 Å². The van der Waals surface area contributed by atoms with Gasteiger partial charge in [-0.3, -0.25) is 0 Å². The smallest absolute Gasteiger partial charge is 0.415 e. The van der Waals surface area contributed by atoms with Crippen LogP contribution in [-0.4, -0.2) is 28.2 Å². The summed E-state index contributed by atoms with van der Waals surface area (Å²) in [5.41, 5.74) is 1.45. The number of aliphatic hydroxyl groups is 1. The summed E-state index contributed by atoms with van der Waals surface area (Å²) >= 11 is 3.43. The van der Waals surface area contributed by atoms with E-state index in [4.69, 9.17) is 4.74 Å². The summed E-state index contributed by atoms with van der Waals surface area (Å²) in [5, 5.41) is 11.0. The molecule has 0 aliphatic heterocycles. The van der Waals surface area contributed by atoms with Gasteiger partial charge < -0.3 is 14.7 Å². The summed E-state index contributed by atoms with van der Waals surface area (Å²) in [6, 6.07) is 7.88. The number of nitrogens with zero attached hydrogens (tertiary/aromatic N) is 1. The minimum atomic E-state index is -0.630. The van der Waals surface area contributed by atoms with E-state index < -0.39 is 11.5 Å². The van der Waals surface area contributed by atoms with Crippen molar-refractivity contribution in [2.75, 3.05) is 0 Å². The molecule has 2 unspecified atom stereocenters. The van der Waals surface area contributed by atoms with Crippen molar-refractivity contribution in [3.63, 3.8) is 0 Å².